The summed E-state index contributed by atoms with van der Waals surface area (Å²) in [6.07, 6.45) is 0.235. The van der Waals surface area contributed by atoms with Crippen LogP contribution in [0.1, 0.15) is 11.4 Å². The third-order valence-corrected chi connectivity index (χ3v) is 4.44. The summed E-state index contributed by atoms with van der Waals surface area (Å²) in [6.45, 7) is 0.999. The lowest BCUT2D eigenvalue weighted by atomic mass is 10.1. The van der Waals surface area contributed by atoms with E-state index in [9.17, 15) is 9.59 Å². The summed E-state index contributed by atoms with van der Waals surface area (Å²) >= 11 is 5.90. The second-order valence-electron chi connectivity index (χ2n) is 6.14. The Hall–Kier alpha value is -2.70. The van der Waals surface area contributed by atoms with Gasteiger partial charge in [-0.25, -0.2) is 4.98 Å². The number of amides is 1. The van der Waals surface area contributed by atoms with Crippen molar-refractivity contribution in [3.8, 4) is 0 Å². The van der Waals surface area contributed by atoms with Crippen LogP contribution in [-0.2, 0) is 22.5 Å². The molecule has 2 aromatic carbocycles. The van der Waals surface area contributed by atoms with Crippen LogP contribution in [-0.4, -0.2) is 41.0 Å². The normalized spacial score (nSPS) is 10.9. The first-order valence-corrected chi connectivity index (χ1v) is 8.93. The number of nitrogens with zero attached hydrogens (tertiary/aromatic N) is 2. The van der Waals surface area contributed by atoms with Gasteiger partial charge in [0.05, 0.1) is 30.5 Å². The highest BCUT2D eigenvalue weighted by atomic mass is 35.5. The van der Waals surface area contributed by atoms with Gasteiger partial charge < -0.3 is 14.6 Å². The van der Waals surface area contributed by atoms with E-state index >= 15 is 0 Å². The van der Waals surface area contributed by atoms with Crippen molar-refractivity contribution in [1.29, 1.82) is 0 Å². The Labute approximate surface area is 161 Å². The van der Waals surface area contributed by atoms with Gasteiger partial charge in [0.2, 0.25) is 5.91 Å². The van der Waals surface area contributed by atoms with E-state index in [-0.39, 0.29) is 24.4 Å². The average Bonchev–Trinajstić information content (AvgIpc) is 2.67. The second kappa shape index (κ2) is 8.79. The van der Waals surface area contributed by atoms with Gasteiger partial charge in [-0.05, 0) is 29.8 Å². The molecular formula is C20H20ClN3O3. The summed E-state index contributed by atoms with van der Waals surface area (Å²) in [6, 6.07) is 14.3. The molecule has 0 radical (unpaired) electrons. The molecule has 1 amide bonds. The summed E-state index contributed by atoms with van der Waals surface area (Å²) in [4.78, 5) is 33.9. The molecule has 140 valence electrons. The minimum atomic E-state index is -0.215. The monoisotopic (exact) mass is 385 g/mol. The molecule has 0 saturated carbocycles. The van der Waals surface area contributed by atoms with E-state index in [0.29, 0.717) is 34.9 Å². The number of nitrogens with one attached hydrogen (secondary N) is 1. The molecule has 27 heavy (non-hydrogen) atoms. The first-order chi connectivity index (χ1) is 13.1. The van der Waals surface area contributed by atoms with Gasteiger partial charge in [-0.15, -0.1) is 0 Å². The van der Waals surface area contributed by atoms with Gasteiger partial charge in [0.1, 0.15) is 5.82 Å². The maximum absolute atomic E-state index is 12.8. The highest BCUT2D eigenvalue weighted by Crippen LogP contribution is 2.12. The van der Waals surface area contributed by atoms with Crippen molar-refractivity contribution in [3.63, 3.8) is 0 Å². The predicted molar refractivity (Wildman–Crippen MR) is 105 cm³/mol. The number of methoxy groups -OCH3 is 1. The smallest absolute Gasteiger partial charge is 0.258 e. The molecular weight excluding hydrogens is 366 g/mol. The molecule has 0 aliphatic rings. The van der Waals surface area contributed by atoms with Crippen molar-refractivity contribution in [3.05, 3.63) is 75.3 Å². The predicted octanol–water partition coefficient (Wildman–Crippen LogP) is 2.79. The zero-order valence-electron chi connectivity index (χ0n) is 14.9. The first kappa shape index (κ1) is 19.1. The van der Waals surface area contributed by atoms with Crippen molar-refractivity contribution >= 4 is 28.4 Å². The number of carbonyl (C=O) groups excluding carboxylic acids is 1. The molecule has 0 spiro atoms. The summed E-state index contributed by atoms with van der Waals surface area (Å²) in [7, 11) is 1.58. The molecule has 0 fully saturated rings. The zero-order valence-corrected chi connectivity index (χ0v) is 15.7. The van der Waals surface area contributed by atoms with Gasteiger partial charge in [0.25, 0.3) is 5.56 Å². The standard InChI is InChI=1S/C20H20ClN3O3/c1-27-11-10-24(19(25)12-14-6-8-15(21)9-7-14)13-18-22-17-5-3-2-4-16(17)20(26)23-18/h2-9H,10-13H2,1H3,(H,22,23,26). The summed E-state index contributed by atoms with van der Waals surface area (Å²) in [5, 5.41) is 1.15. The molecule has 0 unspecified atom stereocenters. The van der Waals surface area contributed by atoms with Crippen molar-refractivity contribution in [1.82, 2.24) is 14.9 Å². The highest BCUT2D eigenvalue weighted by Gasteiger charge is 2.16. The third kappa shape index (κ3) is 4.93. The van der Waals surface area contributed by atoms with Crippen LogP contribution in [0.25, 0.3) is 10.9 Å². The van der Waals surface area contributed by atoms with Crippen molar-refractivity contribution in [2.75, 3.05) is 20.3 Å². The molecule has 6 nitrogen and oxygen atoms in total. The van der Waals surface area contributed by atoms with Gasteiger partial charge in [-0.1, -0.05) is 35.9 Å². The van der Waals surface area contributed by atoms with E-state index in [1.165, 1.54) is 0 Å². The fourth-order valence-corrected chi connectivity index (χ4v) is 2.90. The fraction of sp³-hybridized carbons (Fsp3) is 0.250. The molecule has 0 aliphatic carbocycles. The van der Waals surface area contributed by atoms with Crippen LogP contribution in [0, 0.1) is 0 Å². The van der Waals surface area contributed by atoms with E-state index in [1.807, 2.05) is 18.2 Å². The quantitative estimate of drug-likeness (QED) is 0.678. The van der Waals surface area contributed by atoms with Crippen LogP contribution >= 0.6 is 11.6 Å². The molecule has 0 atom stereocenters. The minimum Gasteiger partial charge on any atom is -0.383 e. The lowest BCUT2D eigenvalue weighted by Gasteiger charge is -2.22. The Morgan fingerprint density at radius 1 is 1.19 bits per heavy atom. The Kier molecular flexibility index (Phi) is 6.21. The summed E-state index contributed by atoms with van der Waals surface area (Å²) in [5.74, 6) is 0.365. The third-order valence-electron chi connectivity index (χ3n) is 4.19. The number of halogens is 1. The average molecular weight is 386 g/mol. The SMILES string of the molecule is COCCN(Cc1nc2ccccc2c(=O)[nH]1)C(=O)Cc1ccc(Cl)cc1. The number of hydrogen-bond acceptors (Lipinski definition) is 4. The van der Waals surface area contributed by atoms with E-state index in [0.717, 1.165) is 5.56 Å². The van der Waals surface area contributed by atoms with Gasteiger partial charge >= 0.3 is 0 Å². The number of aromatic amines is 1. The van der Waals surface area contributed by atoms with Crippen molar-refractivity contribution in [2.45, 2.75) is 13.0 Å². The van der Waals surface area contributed by atoms with E-state index in [1.54, 1.807) is 42.3 Å². The number of aromatic nitrogens is 2. The number of para-hydroxylation sites is 1. The maximum Gasteiger partial charge on any atom is 0.258 e. The van der Waals surface area contributed by atoms with Gasteiger partial charge in [0, 0.05) is 18.7 Å². The molecule has 1 heterocycles. The maximum atomic E-state index is 12.8. The molecule has 1 aromatic heterocycles. The largest absolute Gasteiger partial charge is 0.383 e. The van der Waals surface area contributed by atoms with Crippen LogP contribution in [0.3, 0.4) is 0 Å². The molecule has 0 bridgehead atoms. The molecule has 3 rings (SSSR count). The van der Waals surface area contributed by atoms with Crippen LogP contribution < -0.4 is 5.56 Å². The van der Waals surface area contributed by atoms with Crippen LogP contribution in [0.15, 0.2) is 53.3 Å². The van der Waals surface area contributed by atoms with E-state index in [4.69, 9.17) is 16.3 Å². The summed E-state index contributed by atoms with van der Waals surface area (Å²) in [5.41, 5.74) is 1.26. The van der Waals surface area contributed by atoms with E-state index < -0.39 is 0 Å². The van der Waals surface area contributed by atoms with Gasteiger partial charge in [-0.2, -0.15) is 0 Å². The number of H-pyrrole nitrogens is 1. The zero-order chi connectivity index (χ0) is 19.2. The number of rotatable bonds is 7. The van der Waals surface area contributed by atoms with Crippen molar-refractivity contribution in [2.24, 2.45) is 0 Å². The molecule has 1 N–H and O–H groups in total. The topological polar surface area (TPSA) is 75.3 Å². The van der Waals surface area contributed by atoms with Crippen molar-refractivity contribution < 1.29 is 9.53 Å². The number of fused-ring (bicyclic) bond motifs is 1. The number of ether oxygens (including phenoxy) is 1. The second-order valence-corrected chi connectivity index (χ2v) is 6.58. The Morgan fingerprint density at radius 2 is 1.93 bits per heavy atom. The highest BCUT2D eigenvalue weighted by molar-refractivity contribution is 6.30. The van der Waals surface area contributed by atoms with Crippen LogP contribution in [0.4, 0.5) is 0 Å². The minimum absolute atomic E-state index is 0.0785. The fourth-order valence-electron chi connectivity index (χ4n) is 2.77. The molecule has 7 heteroatoms. The van der Waals surface area contributed by atoms with Crippen LogP contribution in [0.2, 0.25) is 5.02 Å². The van der Waals surface area contributed by atoms with Crippen LogP contribution in [0.5, 0.6) is 0 Å². The van der Waals surface area contributed by atoms with E-state index in [2.05, 4.69) is 9.97 Å². The number of hydrogen-bond donors (Lipinski definition) is 1. The lowest BCUT2D eigenvalue weighted by molar-refractivity contribution is -0.131. The molecule has 0 saturated heterocycles. The lowest BCUT2D eigenvalue weighted by Crippen LogP contribution is -2.35. The number of benzene rings is 2. The Balaban J connectivity index is 1.81. The Morgan fingerprint density at radius 3 is 2.67 bits per heavy atom. The van der Waals surface area contributed by atoms with Gasteiger partial charge in [-0.3, -0.25) is 9.59 Å². The Bertz CT molecular complexity index is 986. The molecule has 3 aromatic rings. The molecule has 0 aliphatic heterocycles. The number of carbonyl (C=O) groups is 1. The first-order valence-electron chi connectivity index (χ1n) is 8.56. The van der Waals surface area contributed by atoms with Gasteiger partial charge in [0.15, 0.2) is 0 Å². The summed E-state index contributed by atoms with van der Waals surface area (Å²) < 4.78 is 5.12.